The lowest BCUT2D eigenvalue weighted by molar-refractivity contribution is 0.425. The van der Waals surface area contributed by atoms with Gasteiger partial charge in [0.05, 0.1) is 6.04 Å². The SMILES string of the molecule is Cc1ccc(Cl)c2c1N[C@H](c1ccccc1Cl)[C@@H]1CC=C[C@@H]21. The largest absolute Gasteiger partial charge is 0.377 e. The summed E-state index contributed by atoms with van der Waals surface area (Å²) in [5, 5.41) is 5.41. The third-order valence-electron chi connectivity index (χ3n) is 4.92. The van der Waals surface area contributed by atoms with Crippen LogP contribution in [-0.4, -0.2) is 0 Å². The fraction of sp³-hybridized carbons (Fsp3) is 0.263. The molecule has 3 atom stereocenters. The van der Waals surface area contributed by atoms with Crippen LogP contribution in [0.2, 0.25) is 10.0 Å². The summed E-state index contributed by atoms with van der Waals surface area (Å²) in [6.07, 6.45) is 5.63. The zero-order valence-electron chi connectivity index (χ0n) is 12.3. The lowest BCUT2D eigenvalue weighted by Crippen LogP contribution is -2.30. The topological polar surface area (TPSA) is 12.0 Å². The van der Waals surface area contributed by atoms with Gasteiger partial charge in [0.15, 0.2) is 0 Å². The van der Waals surface area contributed by atoms with Crippen molar-refractivity contribution < 1.29 is 0 Å². The van der Waals surface area contributed by atoms with E-state index in [1.807, 2.05) is 18.2 Å². The zero-order chi connectivity index (χ0) is 15.3. The fourth-order valence-corrected chi connectivity index (χ4v) is 4.38. The van der Waals surface area contributed by atoms with Gasteiger partial charge in [-0.25, -0.2) is 0 Å². The average molecular weight is 330 g/mol. The van der Waals surface area contributed by atoms with E-state index >= 15 is 0 Å². The van der Waals surface area contributed by atoms with E-state index in [1.165, 1.54) is 22.4 Å². The number of nitrogens with one attached hydrogen (secondary N) is 1. The van der Waals surface area contributed by atoms with Crippen molar-refractivity contribution in [1.29, 1.82) is 0 Å². The molecule has 0 saturated heterocycles. The highest BCUT2D eigenvalue weighted by molar-refractivity contribution is 6.32. The van der Waals surface area contributed by atoms with Gasteiger partial charge in [-0.3, -0.25) is 0 Å². The Hall–Kier alpha value is -1.44. The molecule has 1 nitrogen and oxygen atoms in total. The van der Waals surface area contributed by atoms with Gasteiger partial charge >= 0.3 is 0 Å². The van der Waals surface area contributed by atoms with Gasteiger partial charge in [0.1, 0.15) is 0 Å². The number of aryl methyl sites for hydroxylation is 1. The number of allylic oxidation sites excluding steroid dienone is 2. The van der Waals surface area contributed by atoms with E-state index < -0.39 is 0 Å². The van der Waals surface area contributed by atoms with E-state index in [2.05, 4.69) is 42.6 Å². The van der Waals surface area contributed by atoms with Crippen LogP contribution in [0.3, 0.4) is 0 Å². The van der Waals surface area contributed by atoms with Crippen molar-refractivity contribution in [3.05, 3.63) is 75.3 Å². The van der Waals surface area contributed by atoms with E-state index in [9.17, 15) is 0 Å². The van der Waals surface area contributed by atoms with Gasteiger partial charge in [0, 0.05) is 27.2 Å². The van der Waals surface area contributed by atoms with E-state index in [0.717, 1.165) is 16.5 Å². The predicted octanol–water partition coefficient (Wildman–Crippen LogP) is 6.13. The van der Waals surface area contributed by atoms with Gasteiger partial charge in [0.25, 0.3) is 0 Å². The van der Waals surface area contributed by atoms with Crippen LogP contribution in [0.15, 0.2) is 48.6 Å². The Labute approximate surface area is 140 Å². The molecule has 0 fully saturated rings. The zero-order valence-corrected chi connectivity index (χ0v) is 13.8. The summed E-state index contributed by atoms with van der Waals surface area (Å²) in [4.78, 5) is 0. The Bertz CT molecular complexity index is 766. The first-order valence-corrected chi connectivity index (χ1v) is 8.39. The number of rotatable bonds is 1. The molecule has 0 radical (unpaired) electrons. The smallest absolute Gasteiger partial charge is 0.0568 e. The summed E-state index contributed by atoms with van der Waals surface area (Å²) < 4.78 is 0. The first-order chi connectivity index (χ1) is 10.7. The van der Waals surface area contributed by atoms with E-state index in [0.29, 0.717) is 11.8 Å². The minimum atomic E-state index is 0.221. The fourth-order valence-electron chi connectivity index (χ4n) is 3.84. The van der Waals surface area contributed by atoms with E-state index in [1.54, 1.807) is 0 Å². The van der Waals surface area contributed by atoms with Gasteiger partial charge in [0.2, 0.25) is 0 Å². The van der Waals surface area contributed by atoms with Gasteiger partial charge in [-0.05, 0) is 42.5 Å². The molecular weight excluding hydrogens is 313 g/mol. The molecule has 0 unspecified atom stereocenters. The number of anilines is 1. The minimum Gasteiger partial charge on any atom is -0.377 e. The summed E-state index contributed by atoms with van der Waals surface area (Å²) in [5.74, 6) is 0.830. The summed E-state index contributed by atoms with van der Waals surface area (Å²) in [5.41, 5.74) is 4.82. The second-order valence-corrected chi connectivity index (χ2v) is 6.96. The molecule has 1 N–H and O–H groups in total. The molecule has 0 bridgehead atoms. The highest BCUT2D eigenvalue weighted by atomic mass is 35.5. The molecule has 1 aliphatic heterocycles. The van der Waals surface area contributed by atoms with Crippen LogP contribution in [0.4, 0.5) is 5.69 Å². The van der Waals surface area contributed by atoms with Crippen LogP contribution < -0.4 is 5.32 Å². The van der Waals surface area contributed by atoms with Gasteiger partial charge in [-0.1, -0.05) is 59.6 Å². The molecule has 2 aliphatic rings. The van der Waals surface area contributed by atoms with Crippen molar-refractivity contribution in [2.24, 2.45) is 5.92 Å². The third-order valence-corrected chi connectivity index (χ3v) is 5.59. The van der Waals surface area contributed by atoms with Crippen molar-refractivity contribution in [3.8, 4) is 0 Å². The van der Waals surface area contributed by atoms with Crippen molar-refractivity contribution in [2.45, 2.75) is 25.3 Å². The Morgan fingerprint density at radius 1 is 1.05 bits per heavy atom. The summed E-state index contributed by atoms with van der Waals surface area (Å²) in [7, 11) is 0. The second-order valence-electron chi connectivity index (χ2n) is 6.15. The van der Waals surface area contributed by atoms with E-state index in [-0.39, 0.29) is 6.04 Å². The summed E-state index contributed by atoms with van der Waals surface area (Å²) in [6.45, 7) is 2.13. The molecule has 0 aromatic heterocycles. The quantitative estimate of drug-likeness (QED) is 0.620. The molecule has 0 saturated carbocycles. The number of benzene rings is 2. The molecule has 112 valence electrons. The molecule has 1 aliphatic carbocycles. The van der Waals surface area contributed by atoms with Crippen molar-refractivity contribution in [3.63, 3.8) is 0 Å². The summed E-state index contributed by atoms with van der Waals surface area (Å²) in [6, 6.07) is 12.4. The Balaban J connectivity index is 1.88. The molecule has 1 heterocycles. The van der Waals surface area contributed by atoms with Crippen LogP contribution in [-0.2, 0) is 0 Å². The lowest BCUT2D eigenvalue weighted by Gasteiger charge is -2.39. The third kappa shape index (κ3) is 2.07. The monoisotopic (exact) mass is 329 g/mol. The van der Waals surface area contributed by atoms with Crippen LogP contribution in [0.1, 0.15) is 35.1 Å². The molecule has 2 aromatic carbocycles. The standard InChI is InChI=1S/C19H17Cl2N/c1-11-9-10-16(21)17-12-6-4-7-13(12)19(22-18(11)17)14-5-2-3-8-15(14)20/h2-6,8-10,12-13,19,22H,7H2,1H3/t12-,13-,19+/m1/s1. The van der Waals surface area contributed by atoms with Crippen molar-refractivity contribution in [2.75, 3.05) is 5.32 Å². The van der Waals surface area contributed by atoms with Crippen LogP contribution >= 0.6 is 23.2 Å². The number of hydrogen-bond donors (Lipinski definition) is 1. The average Bonchev–Trinajstić information content (AvgIpc) is 3.00. The Morgan fingerprint density at radius 2 is 1.86 bits per heavy atom. The predicted molar refractivity (Wildman–Crippen MR) is 94.0 cm³/mol. The Kier molecular flexibility index (Phi) is 3.43. The Morgan fingerprint density at radius 3 is 2.68 bits per heavy atom. The molecular formula is C19H17Cl2N. The number of fused-ring (bicyclic) bond motifs is 3. The lowest BCUT2D eigenvalue weighted by atomic mass is 9.76. The maximum Gasteiger partial charge on any atom is 0.0568 e. The minimum absolute atomic E-state index is 0.221. The van der Waals surface area contributed by atoms with Crippen molar-refractivity contribution >= 4 is 28.9 Å². The molecule has 0 amide bonds. The van der Waals surface area contributed by atoms with Crippen LogP contribution in [0.5, 0.6) is 0 Å². The van der Waals surface area contributed by atoms with Gasteiger partial charge < -0.3 is 5.32 Å². The first kappa shape index (κ1) is 14.2. The highest BCUT2D eigenvalue weighted by Gasteiger charge is 2.40. The normalized spacial score (nSPS) is 25.5. The maximum atomic E-state index is 6.51. The second kappa shape index (κ2) is 5.33. The number of halogens is 2. The maximum absolute atomic E-state index is 6.51. The molecule has 0 spiro atoms. The first-order valence-electron chi connectivity index (χ1n) is 7.63. The van der Waals surface area contributed by atoms with Gasteiger partial charge in [-0.15, -0.1) is 0 Å². The van der Waals surface area contributed by atoms with Crippen LogP contribution in [0.25, 0.3) is 0 Å². The van der Waals surface area contributed by atoms with Gasteiger partial charge in [-0.2, -0.15) is 0 Å². The molecule has 3 heteroatoms. The van der Waals surface area contributed by atoms with E-state index in [4.69, 9.17) is 23.2 Å². The number of hydrogen-bond acceptors (Lipinski definition) is 1. The van der Waals surface area contributed by atoms with Crippen molar-refractivity contribution in [1.82, 2.24) is 0 Å². The molecule has 22 heavy (non-hydrogen) atoms. The highest BCUT2D eigenvalue weighted by Crippen LogP contribution is 2.53. The summed E-state index contributed by atoms with van der Waals surface area (Å²) >= 11 is 13.0. The van der Waals surface area contributed by atoms with Crippen LogP contribution in [0, 0.1) is 12.8 Å². The molecule has 4 rings (SSSR count). The molecule has 2 aromatic rings.